The molecule has 0 aliphatic carbocycles. The summed E-state index contributed by atoms with van der Waals surface area (Å²) in [5.41, 5.74) is 4.21. The number of rotatable bonds is 4. The molecule has 0 spiro atoms. The molecule has 0 fully saturated rings. The van der Waals surface area contributed by atoms with E-state index in [1.807, 2.05) is 6.92 Å². The summed E-state index contributed by atoms with van der Waals surface area (Å²) in [6, 6.07) is 10.1. The maximum Gasteiger partial charge on any atom is 0.333 e. The van der Waals surface area contributed by atoms with Crippen molar-refractivity contribution < 1.29 is 13.6 Å². The Balaban J connectivity index is 1.64. The number of anilines is 1. The van der Waals surface area contributed by atoms with E-state index < -0.39 is 6.55 Å². The topological polar surface area (TPSA) is 95.6 Å². The molecule has 9 heteroatoms. The van der Waals surface area contributed by atoms with Gasteiger partial charge in [0.15, 0.2) is 0 Å². The van der Waals surface area contributed by atoms with Crippen LogP contribution in [-0.4, -0.2) is 25.7 Å². The fraction of sp³-hybridized carbons (Fsp3) is 0.150. The monoisotopic (exact) mass is 397 g/mol. The van der Waals surface area contributed by atoms with Crippen molar-refractivity contribution in [2.45, 2.75) is 20.4 Å². The number of aromatic nitrogens is 4. The molecule has 3 N–H and O–H groups in total. The third-order valence-electron chi connectivity index (χ3n) is 4.66. The first-order valence-corrected chi connectivity index (χ1v) is 8.80. The molecule has 0 bridgehead atoms. The Morgan fingerprint density at radius 1 is 1.14 bits per heavy atom. The predicted octanol–water partition coefficient (Wildman–Crippen LogP) is 3.98. The Kier molecular flexibility index (Phi) is 4.50. The van der Waals surface area contributed by atoms with E-state index in [-0.39, 0.29) is 11.6 Å². The summed E-state index contributed by atoms with van der Waals surface area (Å²) in [5, 5.41) is 6.63. The summed E-state index contributed by atoms with van der Waals surface area (Å²) in [6.45, 7) is 0.725. The summed E-state index contributed by atoms with van der Waals surface area (Å²) < 4.78 is 26.4. The smallest absolute Gasteiger partial charge is 0.322 e. The number of carbonyl (C=O) groups excluding carboxylic acids is 1. The molecule has 29 heavy (non-hydrogen) atoms. The molecule has 0 aliphatic heterocycles. The highest BCUT2D eigenvalue weighted by molar-refractivity contribution is 6.06. The number of carbonyl (C=O) groups is 1. The number of hydrogen-bond acceptors (Lipinski definition) is 3. The zero-order chi connectivity index (χ0) is 20.7. The Morgan fingerprint density at radius 2 is 1.86 bits per heavy atom. The Bertz CT molecular complexity index is 1290. The van der Waals surface area contributed by atoms with Gasteiger partial charge in [0.25, 0.3) is 5.91 Å². The third kappa shape index (κ3) is 3.54. The van der Waals surface area contributed by atoms with Crippen LogP contribution in [-0.2, 0) is 0 Å². The van der Waals surface area contributed by atoms with E-state index in [0.717, 1.165) is 5.56 Å². The lowest BCUT2D eigenvalue weighted by Gasteiger charge is -2.10. The molecule has 0 saturated carbocycles. The number of hydrogen-bond donors (Lipinski definition) is 3. The van der Waals surface area contributed by atoms with Crippen LogP contribution in [0.25, 0.3) is 22.2 Å². The molecule has 2 aromatic carbocycles. The highest BCUT2D eigenvalue weighted by Crippen LogP contribution is 2.26. The number of amides is 1. The van der Waals surface area contributed by atoms with Crippen LogP contribution in [0, 0.1) is 13.8 Å². The molecular weight excluding hydrogens is 380 g/mol. The maximum absolute atomic E-state index is 12.9. The number of fused-ring (bicyclic) bond motifs is 1. The molecule has 7 nitrogen and oxygen atoms in total. The highest BCUT2D eigenvalue weighted by atomic mass is 19.3. The lowest BCUT2D eigenvalue weighted by molar-refractivity contribution is 0.0563. The van der Waals surface area contributed by atoms with Crippen LogP contribution in [0.4, 0.5) is 14.5 Å². The van der Waals surface area contributed by atoms with Crippen molar-refractivity contribution in [1.82, 2.24) is 19.7 Å². The molecule has 0 atom stereocenters. The molecule has 0 radical (unpaired) electrons. The van der Waals surface area contributed by atoms with Crippen molar-refractivity contribution in [2.75, 3.05) is 5.32 Å². The van der Waals surface area contributed by atoms with Crippen molar-refractivity contribution in [2.24, 2.45) is 0 Å². The van der Waals surface area contributed by atoms with Gasteiger partial charge < -0.3 is 15.3 Å². The molecule has 2 aromatic heterocycles. The summed E-state index contributed by atoms with van der Waals surface area (Å²) >= 11 is 0. The van der Waals surface area contributed by atoms with Crippen LogP contribution < -0.4 is 11.0 Å². The lowest BCUT2D eigenvalue weighted by atomic mass is 10.0. The number of aryl methyl sites for hydroxylation is 2. The second kappa shape index (κ2) is 7.01. The van der Waals surface area contributed by atoms with E-state index in [1.54, 1.807) is 43.3 Å². The first-order chi connectivity index (χ1) is 13.8. The SMILES string of the molecule is Cc1cc2[nH]c(=O)[nH]c2cc1NC(=O)c1cccc(-c2cn(C(F)F)nc2C)c1. The summed E-state index contributed by atoms with van der Waals surface area (Å²) in [5.74, 6) is -0.355. The molecule has 0 unspecified atom stereocenters. The second-order valence-electron chi connectivity index (χ2n) is 6.71. The molecule has 148 valence electrons. The summed E-state index contributed by atoms with van der Waals surface area (Å²) in [6.07, 6.45) is 1.26. The van der Waals surface area contributed by atoms with E-state index in [2.05, 4.69) is 20.4 Å². The predicted molar refractivity (Wildman–Crippen MR) is 105 cm³/mol. The van der Waals surface area contributed by atoms with E-state index in [4.69, 9.17) is 0 Å². The number of nitrogens with one attached hydrogen (secondary N) is 3. The van der Waals surface area contributed by atoms with Crippen LogP contribution >= 0.6 is 0 Å². The van der Waals surface area contributed by atoms with Gasteiger partial charge >= 0.3 is 12.2 Å². The van der Waals surface area contributed by atoms with E-state index >= 15 is 0 Å². The fourth-order valence-electron chi connectivity index (χ4n) is 3.21. The van der Waals surface area contributed by atoms with Crippen molar-refractivity contribution >= 4 is 22.6 Å². The normalized spacial score (nSPS) is 11.3. The van der Waals surface area contributed by atoms with Gasteiger partial charge in [0.05, 0.1) is 16.7 Å². The van der Waals surface area contributed by atoms with Crippen molar-refractivity contribution in [3.63, 3.8) is 0 Å². The van der Waals surface area contributed by atoms with Gasteiger partial charge in [-0.25, -0.2) is 9.48 Å². The minimum absolute atomic E-state index is 0.324. The highest BCUT2D eigenvalue weighted by Gasteiger charge is 2.15. The second-order valence-corrected chi connectivity index (χ2v) is 6.71. The number of halogens is 2. The summed E-state index contributed by atoms with van der Waals surface area (Å²) in [4.78, 5) is 29.5. The van der Waals surface area contributed by atoms with Gasteiger partial charge in [0, 0.05) is 23.0 Å². The molecule has 4 rings (SSSR count). The minimum Gasteiger partial charge on any atom is -0.322 e. The number of benzene rings is 2. The van der Waals surface area contributed by atoms with E-state index in [0.29, 0.717) is 43.8 Å². The van der Waals surface area contributed by atoms with Crippen LogP contribution in [0.3, 0.4) is 0 Å². The molecule has 4 aromatic rings. The molecular formula is C20H17F2N5O2. The zero-order valence-electron chi connectivity index (χ0n) is 15.6. The van der Waals surface area contributed by atoms with Crippen LogP contribution in [0.2, 0.25) is 0 Å². The maximum atomic E-state index is 12.9. The lowest BCUT2D eigenvalue weighted by Crippen LogP contribution is -2.12. The van der Waals surface area contributed by atoms with Gasteiger partial charge in [-0.3, -0.25) is 4.79 Å². The number of H-pyrrole nitrogens is 2. The van der Waals surface area contributed by atoms with Crippen LogP contribution in [0.15, 0.2) is 47.4 Å². The molecule has 0 saturated heterocycles. The quantitative estimate of drug-likeness (QED) is 0.486. The van der Waals surface area contributed by atoms with Gasteiger partial charge in [-0.15, -0.1) is 0 Å². The fourth-order valence-corrected chi connectivity index (χ4v) is 3.21. The largest absolute Gasteiger partial charge is 0.333 e. The van der Waals surface area contributed by atoms with Gasteiger partial charge in [0.2, 0.25) is 0 Å². The van der Waals surface area contributed by atoms with E-state index in [1.165, 1.54) is 6.20 Å². The number of aromatic amines is 2. The zero-order valence-corrected chi connectivity index (χ0v) is 15.6. The van der Waals surface area contributed by atoms with Crippen molar-refractivity contribution in [3.8, 4) is 11.1 Å². The first-order valence-electron chi connectivity index (χ1n) is 8.80. The van der Waals surface area contributed by atoms with Gasteiger partial charge in [-0.05, 0) is 49.2 Å². The summed E-state index contributed by atoms with van der Waals surface area (Å²) in [7, 11) is 0. The van der Waals surface area contributed by atoms with E-state index in [9.17, 15) is 18.4 Å². The van der Waals surface area contributed by atoms with Crippen molar-refractivity contribution in [1.29, 1.82) is 0 Å². The molecule has 1 amide bonds. The first kappa shape index (κ1) is 18.6. The average molecular weight is 397 g/mol. The third-order valence-corrected chi connectivity index (χ3v) is 4.66. The minimum atomic E-state index is -2.73. The Labute approximate surface area is 163 Å². The standard InChI is InChI=1S/C20H17F2N5O2/c1-10-6-16-17(25-20(29)24-16)8-15(10)23-18(28)13-5-3-4-12(7-13)14-9-27(19(21)22)26-11(14)2/h3-9,19H,1-2H3,(H,23,28)(H2,24,25,29). The van der Waals surface area contributed by atoms with Gasteiger partial charge in [0.1, 0.15) is 0 Å². The number of alkyl halides is 2. The number of nitrogens with zero attached hydrogens (tertiary/aromatic N) is 2. The Hall–Kier alpha value is -3.75. The van der Waals surface area contributed by atoms with Crippen molar-refractivity contribution in [3.05, 3.63) is 69.9 Å². The van der Waals surface area contributed by atoms with Crippen LogP contribution in [0.5, 0.6) is 0 Å². The van der Waals surface area contributed by atoms with Gasteiger partial charge in [-0.1, -0.05) is 12.1 Å². The number of imidazole rings is 1. The Morgan fingerprint density at radius 3 is 2.55 bits per heavy atom. The van der Waals surface area contributed by atoms with Crippen LogP contribution in [0.1, 0.15) is 28.2 Å². The molecule has 2 heterocycles. The van der Waals surface area contributed by atoms with Gasteiger partial charge in [-0.2, -0.15) is 13.9 Å². The average Bonchev–Trinajstić information content (AvgIpc) is 3.23. The molecule has 0 aliphatic rings.